The molecule has 0 aromatic carbocycles. The first-order valence-corrected chi connectivity index (χ1v) is 7.99. The second-order valence-corrected chi connectivity index (χ2v) is 4.99. The van der Waals surface area contributed by atoms with Gasteiger partial charge in [0.05, 0.1) is 19.8 Å². The number of carbonyl (C=O) groups excluding carboxylic acids is 1. The van der Waals surface area contributed by atoms with Gasteiger partial charge in [0.1, 0.15) is 6.54 Å². The normalized spacial score (nSPS) is 10.9. The third-order valence-corrected chi connectivity index (χ3v) is 2.77. The summed E-state index contributed by atoms with van der Waals surface area (Å²) in [5.41, 5.74) is 0. The van der Waals surface area contributed by atoms with Crippen molar-refractivity contribution in [3.8, 4) is 0 Å². The van der Waals surface area contributed by atoms with Gasteiger partial charge in [-0.1, -0.05) is 13.3 Å². The molecule has 0 unspecified atom stereocenters. The summed E-state index contributed by atoms with van der Waals surface area (Å²) in [6, 6.07) is 0. The van der Waals surface area contributed by atoms with E-state index < -0.39 is 0 Å². The van der Waals surface area contributed by atoms with E-state index >= 15 is 0 Å². The number of halogens is 1. The first kappa shape index (κ1) is 24.6. The van der Waals surface area contributed by atoms with Crippen LogP contribution in [0.4, 0.5) is 0 Å². The quantitative estimate of drug-likeness (QED) is 0.204. The molecule has 23 heavy (non-hydrogen) atoms. The Hall–Kier alpha value is -0.610. The van der Waals surface area contributed by atoms with Gasteiger partial charge < -0.3 is 25.0 Å². The van der Waals surface area contributed by atoms with E-state index in [0.29, 0.717) is 32.3 Å². The average molecular weight is 444 g/mol. The summed E-state index contributed by atoms with van der Waals surface area (Å²) in [6.07, 6.45) is 2.24. The third-order valence-electron chi connectivity index (χ3n) is 2.77. The van der Waals surface area contributed by atoms with Crippen LogP contribution in [0, 0.1) is 0 Å². The molecule has 0 heterocycles. The van der Waals surface area contributed by atoms with Crippen molar-refractivity contribution in [2.75, 3.05) is 60.2 Å². The number of unbranched alkanes of at least 4 members (excludes halogenated alkanes) is 1. The highest BCUT2D eigenvalue weighted by atomic mass is 127. The number of ether oxygens (including phenoxy) is 2. The van der Waals surface area contributed by atoms with Crippen LogP contribution < -0.4 is 10.6 Å². The van der Waals surface area contributed by atoms with E-state index in [1.807, 2.05) is 6.92 Å². The van der Waals surface area contributed by atoms with E-state index in [2.05, 4.69) is 22.5 Å². The van der Waals surface area contributed by atoms with Crippen LogP contribution in [-0.2, 0) is 14.3 Å². The Balaban J connectivity index is 0. The zero-order valence-corrected chi connectivity index (χ0v) is 17.2. The lowest BCUT2D eigenvalue weighted by Crippen LogP contribution is -2.40. The van der Waals surface area contributed by atoms with Crippen molar-refractivity contribution in [1.82, 2.24) is 15.5 Å². The third kappa shape index (κ3) is 16.0. The van der Waals surface area contributed by atoms with Gasteiger partial charge in [-0.05, 0) is 13.3 Å². The minimum atomic E-state index is -0.0299. The maximum atomic E-state index is 11.5. The van der Waals surface area contributed by atoms with Crippen molar-refractivity contribution in [2.24, 2.45) is 4.99 Å². The standard InChI is InChI=1S/C15H32N4O3.HI/c1-5-7-9-21-11-12-22-10-8-17-15(16-6-2)18-13-14(20)19(3)4;/h5-13H2,1-4H3,(H2,16,17,18);1H. The Morgan fingerprint density at radius 3 is 2.26 bits per heavy atom. The van der Waals surface area contributed by atoms with Crippen molar-refractivity contribution in [3.05, 3.63) is 0 Å². The topological polar surface area (TPSA) is 75.2 Å². The molecule has 8 heteroatoms. The van der Waals surface area contributed by atoms with Gasteiger partial charge in [0.25, 0.3) is 0 Å². The number of likely N-dealkylation sites (N-methyl/N-ethyl adjacent to an activating group) is 1. The van der Waals surface area contributed by atoms with Crippen LogP contribution in [0.25, 0.3) is 0 Å². The first-order chi connectivity index (χ1) is 10.6. The zero-order valence-electron chi connectivity index (χ0n) is 14.9. The lowest BCUT2D eigenvalue weighted by Gasteiger charge is -2.13. The molecular formula is C15H33IN4O3. The number of hydrogen-bond acceptors (Lipinski definition) is 4. The number of hydrogen-bond donors (Lipinski definition) is 2. The molecule has 0 atom stereocenters. The Kier molecular flexibility index (Phi) is 19.0. The van der Waals surface area contributed by atoms with Gasteiger partial charge in [-0.15, -0.1) is 24.0 Å². The SMILES string of the molecule is CCCCOCCOCCNC(=NCC(=O)N(C)C)NCC.I. The average Bonchev–Trinajstić information content (AvgIpc) is 2.50. The second kappa shape index (κ2) is 17.7. The van der Waals surface area contributed by atoms with Crippen LogP contribution in [0.2, 0.25) is 0 Å². The van der Waals surface area contributed by atoms with Crippen molar-refractivity contribution in [3.63, 3.8) is 0 Å². The minimum Gasteiger partial charge on any atom is -0.379 e. The molecule has 0 saturated carbocycles. The van der Waals surface area contributed by atoms with Crippen LogP contribution in [0.3, 0.4) is 0 Å². The molecule has 0 aliphatic carbocycles. The Labute approximate surface area is 157 Å². The van der Waals surface area contributed by atoms with Gasteiger partial charge in [-0.25, -0.2) is 4.99 Å². The highest BCUT2D eigenvalue weighted by Crippen LogP contribution is 1.87. The maximum Gasteiger partial charge on any atom is 0.243 e. The molecule has 0 radical (unpaired) electrons. The lowest BCUT2D eigenvalue weighted by atomic mass is 10.4. The summed E-state index contributed by atoms with van der Waals surface area (Å²) in [4.78, 5) is 17.2. The molecule has 1 amide bonds. The molecule has 0 aromatic heterocycles. The largest absolute Gasteiger partial charge is 0.379 e. The second-order valence-electron chi connectivity index (χ2n) is 4.99. The molecule has 0 aliphatic heterocycles. The van der Waals surface area contributed by atoms with Crippen LogP contribution in [0.1, 0.15) is 26.7 Å². The number of nitrogens with one attached hydrogen (secondary N) is 2. The fourth-order valence-electron chi connectivity index (χ4n) is 1.44. The number of carbonyl (C=O) groups is 1. The van der Waals surface area contributed by atoms with E-state index in [1.165, 1.54) is 4.90 Å². The summed E-state index contributed by atoms with van der Waals surface area (Å²) < 4.78 is 10.9. The molecule has 0 spiro atoms. The Bertz CT molecular complexity index is 315. The van der Waals surface area contributed by atoms with Gasteiger partial charge in [0.15, 0.2) is 5.96 Å². The summed E-state index contributed by atoms with van der Waals surface area (Å²) in [5, 5.41) is 6.22. The molecule has 0 bridgehead atoms. The lowest BCUT2D eigenvalue weighted by molar-refractivity contribution is -0.127. The van der Waals surface area contributed by atoms with Gasteiger partial charge in [-0.2, -0.15) is 0 Å². The van der Waals surface area contributed by atoms with E-state index in [4.69, 9.17) is 9.47 Å². The molecule has 0 aromatic rings. The van der Waals surface area contributed by atoms with E-state index in [-0.39, 0.29) is 36.4 Å². The molecule has 0 rings (SSSR count). The molecule has 138 valence electrons. The summed E-state index contributed by atoms with van der Waals surface area (Å²) in [7, 11) is 3.43. The Morgan fingerprint density at radius 2 is 1.70 bits per heavy atom. The van der Waals surface area contributed by atoms with Gasteiger partial charge >= 0.3 is 0 Å². The van der Waals surface area contributed by atoms with Gasteiger partial charge in [0.2, 0.25) is 5.91 Å². The highest BCUT2D eigenvalue weighted by molar-refractivity contribution is 14.0. The van der Waals surface area contributed by atoms with Crippen molar-refractivity contribution >= 4 is 35.8 Å². The first-order valence-electron chi connectivity index (χ1n) is 7.99. The predicted molar refractivity (Wildman–Crippen MR) is 105 cm³/mol. The zero-order chi connectivity index (χ0) is 16.6. The van der Waals surface area contributed by atoms with E-state index in [1.54, 1.807) is 14.1 Å². The minimum absolute atomic E-state index is 0. The molecular weight excluding hydrogens is 411 g/mol. The number of rotatable bonds is 12. The summed E-state index contributed by atoms with van der Waals surface area (Å²) in [6.45, 7) is 8.23. The van der Waals surface area contributed by atoms with Crippen LogP contribution in [-0.4, -0.2) is 76.9 Å². The summed E-state index contributed by atoms with van der Waals surface area (Å²) >= 11 is 0. The highest BCUT2D eigenvalue weighted by Gasteiger charge is 2.03. The maximum absolute atomic E-state index is 11.5. The number of nitrogens with zero attached hydrogens (tertiary/aromatic N) is 2. The number of amides is 1. The number of guanidine groups is 1. The molecule has 0 aliphatic rings. The Morgan fingerprint density at radius 1 is 1.04 bits per heavy atom. The fourth-order valence-corrected chi connectivity index (χ4v) is 1.44. The van der Waals surface area contributed by atoms with Gasteiger partial charge in [-0.3, -0.25) is 4.79 Å². The van der Waals surface area contributed by atoms with Crippen molar-refractivity contribution in [2.45, 2.75) is 26.7 Å². The van der Waals surface area contributed by atoms with Crippen LogP contribution in [0.15, 0.2) is 4.99 Å². The molecule has 2 N–H and O–H groups in total. The molecule has 0 fully saturated rings. The van der Waals surface area contributed by atoms with Gasteiger partial charge in [0, 0.05) is 33.8 Å². The summed E-state index contributed by atoms with van der Waals surface area (Å²) in [5.74, 6) is 0.596. The molecule has 7 nitrogen and oxygen atoms in total. The smallest absolute Gasteiger partial charge is 0.243 e. The monoisotopic (exact) mass is 444 g/mol. The number of aliphatic imine (C=N–C) groups is 1. The molecule has 0 saturated heterocycles. The van der Waals surface area contributed by atoms with Crippen LogP contribution >= 0.6 is 24.0 Å². The fraction of sp³-hybridized carbons (Fsp3) is 0.867. The van der Waals surface area contributed by atoms with E-state index in [0.717, 1.165) is 26.0 Å². The van der Waals surface area contributed by atoms with Crippen LogP contribution in [0.5, 0.6) is 0 Å². The van der Waals surface area contributed by atoms with Crippen molar-refractivity contribution in [1.29, 1.82) is 0 Å². The van der Waals surface area contributed by atoms with E-state index in [9.17, 15) is 4.79 Å². The van der Waals surface area contributed by atoms with Crippen molar-refractivity contribution < 1.29 is 14.3 Å². The predicted octanol–water partition coefficient (Wildman–Crippen LogP) is 1.08.